The van der Waals surface area contributed by atoms with Gasteiger partial charge < -0.3 is 9.30 Å². The first-order valence-corrected chi connectivity index (χ1v) is 6.27. The Morgan fingerprint density at radius 3 is 3.06 bits per heavy atom. The first kappa shape index (κ1) is 12.3. The highest BCUT2D eigenvalue weighted by atomic mass is 35.5. The second-order valence-electron chi connectivity index (χ2n) is 3.89. The normalized spacial score (nSPS) is 13.1. The highest BCUT2D eigenvalue weighted by Crippen LogP contribution is 2.20. The first-order chi connectivity index (χ1) is 8.27. The molecule has 2 rings (SSSR count). The quantitative estimate of drug-likeness (QED) is 0.770. The number of halogens is 1. The molecule has 92 valence electrons. The average Bonchev–Trinajstić information content (AvgIpc) is 2.74. The van der Waals surface area contributed by atoms with Crippen molar-refractivity contribution >= 4 is 22.8 Å². The molecule has 0 aliphatic carbocycles. The Labute approximate surface area is 106 Å². The average molecular weight is 254 g/mol. The second kappa shape index (κ2) is 5.47. The third kappa shape index (κ3) is 2.42. The predicted octanol–water partition coefficient (Wildman–Crippen LogP) is 2.77. The van der Waals surface area contributed by atoms with Crippen LogP contribution in [0.3, 0.4) is 0 Å². The highest BCUT2D eigenvalue weighted by molar-refractivity contribution is 6.16. The molecule has 2 aromatic rings. The number of fused-ring (bicyclic) bond motifs is 1. The van der Waals surface area contributed by atoms with Crippen LogP contribution in [0.4, 0.5) is 0 Å². The molecule has 0 bridgehead atoms. The number of nitrogens with zero attached hydrogens (tertiary/aromatic N) is 3. The molecule has 0 aliphatic heterocycles. The van der Waals surface area contributed by atoms with Gasteiger partial charge in [-0.3, -0.25) is 0 Å². The van der Waals surface area contributed by atoms with Crippen LogP contribution >= 0.6 is 11.6 Å². The van der Waals surface area contributed by atoms with Gasteiger partial charge in [-0.05, 0) is 26.0 Å². The van der Waals surface area contributed by atoms with E-state index in [9.17, 15) is 0 Å². The monoisotopic (exact) mass is 253 g/mol. The molecular formula is C12H16ClN3O. The molecule has 1 atom stereocenters. The molecule has 0 aliphatic rings. The summed E-state index contributed by atoms with van der Waals surface area (Å²) in [4.78, 5) is 8.84. The van der Waals surface area contributed by atoms with Crippen LogP contribution in [-0.2, 0) is 10.6 Å². The maximum atomic E-state index is 5.93. The van der Waals surface area contributed by atoms with Crippen LogP contribution in [0.2, 0.25) is 0 Å². The van der Waals surface area contributed by atoms with Crippen molar-refractivity contribution in [3.8, 4) is 0 Å². The van der Waals surface area contributed by atoms with Crippen LogP contribution in [0.15, 0.2) is 18.3 Å². The number of imidazole rings is 1. The van der Waals surface area contributed by atoms with Gasteiger partial charge in [0.25, 0.3) is 0 Å². The summed E-state index contributed by atoms with van der Waals surface area (Å²) in [5, 5.41) is 0. The Kier molecular flexibility index (Phi) is 3.97. The van der Waals surface area contributed by atoms with Crippen LogP contribution in [0, 0.1) is 0 Å². The summed E-state index contributed by atoms with van der Waals surface area (Å²) < 4.78 is 7.50. The van der Waals surface area contributed by atoms with Crippen LogP contribution in [-0.4, -0.2) is 27.7 Å². The fourth-order valence-electron chi connectivity index (χ4n) is 1.90. The van der Waals surface area contributed by atoms with E-state index in [1.54, 1.807) is 6.20 Å². The molecule has 1 unspecified atom stereocenters. The number of aromatic nitrogens is 3. The summed E-state index contributed by atoms with van der Waals surface area (Å²) in [6, 6.07) is 4.01. The van der Waals surface area contributed by atoms with E-state index in [-0.39, 0.29) is 6.04 Å². The van der Waals surface area contributed by atoms with Crippen molar-refractivity contribution in [2.75, 3.05) is 13.2 Å². The second-order valence-corrected chi connectivity index (χ2v) is 4.15. The Morgan fingerprint density at radius 2 is 2.35 bits per heavy atom. The van der Waals surface area contributed by atoms with E-state index in [2.05, 4.69) is 21.5 Å². The van der Waals surface area contributed by atoms with E-state index in [1.165, 1.54) is 0 Å². The zero-order valence-electron chi connectivity index (χ0n) is 10.1. The zero-order valence-corrected chi connectivity index (χ0v) is 10.8. The third-order valence-electron chi connectivity index (χ3n) is 2.65. The van der Waals surface area contributed by atoms with Crippen LogP contribution in [0.1, 0.15) is 25.7 Å². The van der Waals surface area contributed by atoms with Crippen molar-refractivity contribution in [3.63, 3.8) is 0 Å². The van der Waals surface area contributed by atoms with E-state index in [0.717, 1.165) is 17.0 Å². The fourth-order valence-corrected chi connectivity index (χ4v) is 2.09. The van der Waals surface area contributed by atoms with Gasteiger partial charge in [0.1, 0.15) is 11.3 Å². The highest BCUT2D eigenvalue weighted by Gasteiger charge is 2.15. The number of ether oxygens (including phenoxy) is 1. The van der Waals surface area contributed by atoms with Crippen molar-refractivity contribution in [1.82, 2.24) is 14.5 Å². The van der Waals surface area contributed by atoms with Gasteiger partial charge in [-0.25, -0.2) is 9.97 Å². The molecule has 0 amide bonds. The Morgan fingerprint density at radius 1 is 1.53 bits per heavy atom. The summed E-state index contributed by atoms with van der Waals surface area (Å²) in [6.45, 7) is 5.42. The Balaban J connectivity index is 2.42. The molecule has 2 heterocycles. The molecule has 0 fully saturated rings. The minimum atomic E-state index is 0.184. The lowest BCUT2D eigenvalue weighted by Gasteiger charge is -2.15. The Bertz CT molecular complexity index is 497. The van der Waals surface area contributed by atoms with E-state index in [4.69, 9.17) is 16.3 Å². The minimum absolute atomic E-state index is 0.184. The molecule has 0 saturated heterocycles. The predicted molar refractivity (Wildman–Crippen MR) is 68.3 cm³/mol. The molecule has 0 aromatic carbocycles. The van der Waals surface area contributed by atoms with Crippen molar-refractivity contribution in [3.05, 3.63) is 24.2 Å². The van der Waals surface area contributed by atoms with Gasteiger partial charge in [-0.1, -0.05) is 0 Å². The number of alkyl halides is 1. The summed E-state index contributed by atoms with van der Waals surface area (Å²) in [7, 11) is 0. The molecule has 2 aromatic heterocycles. The molecule has 0 radical (unpaired) electrons. The lowest BCUT2D eigenvalue weighted by molar-refractivity contribution is 0.119. The maximum Gasteiger partial charge on any atom is 0.160 e. The number of rotatable bonds is 5. The molecule has 0 N–H and O–H groups in total. The molecule has 0 spiro atoms. The number of hydrogen-bond donors (Lipinski definition) is 0. The van der Waals surface area contributed by atoms with E-state index < -0.39 is 0 Å². The van der Waals surface area contributed by atoms with E-state index in [0.29, 0.717) is 19.1 Å². The van der Waals surface area contributed by atoms with Crippen molar-refractivity contribution in [1.29, 1.82) is 0 Å². The summed E-state index contributed by atoms with van der Waals surface area (Å²) in [6.07, 6.45) is 1.77. The molecule has 4 nitrogen and oxygen atoms in total. The number of pyridine rings is 1. The van der Waals surface area contributed by atoms with Crippen LogP contribution < -0.4 is 0 Å². The van der Waals surface area contributed by atoms with Crippen LogP contribution in [0.5, 0.6) is 0 Å². The lowest BCUT2D eigenvalue weighted by Crippen LogP contribution is -2.15. The first-order valence-electron chi connectivity index (χ1n) is 5.73. The minimum Gasteiger partial charge on any atom is -0.380 e. The molecule has 0 saturated carbocycles. The standard InChI is InChI=1S/C12H16ClN3O/c1-3-17-8-9(2)16-11(7-13)15-10-5-4-6-14-12(10)16/h4-6,9H,3,7-8H2,1-2H3. The van der Waals surface area contributed by atoms with E-state index >= 15 is 0 Å². The third-order valence-corrected chi connectivity index (χ3v) is 2.88. The van der Waals surface area contributed by atoms with Gasteiger partial charge >= 0.3 is 0 Å². The molecular weight excluding hydrogens is 238 g/mol. The smallest absolute Gasteiger partial charge is 0.160 e. The van der Waals surface area contributed by atoms with E-state index in [1.807, 2.05) is 19.1 Å². The van der Waals surface area contributed by atoms with Crippen molar-refractivity contribution < 1.29 is 4.74 Å². The van der Waals surface area contributed by atoms with Crippen molar-refractivity contribution in [2.24, 2.45) is 0 Å². The van der Waals surface area contributed by atoms with Crippen molar-refractivity contribution in [2.45, 2.75) is 25.8 Å². The SMILES string of the molecule is CCOCC(C)n1c(CCl)nc2cccnc21. The molecule has 17 heavy (non-hydrogen) atoms. The number of hydrogen-bond acceptors (Lipinski definition) is 3. The van der Waals surface area contributed by atoms with Gasteiger partial charge in [0, 0.05) is 12.8 Å². The summed E-state index contributed by atoms with van der Waals surface area (Å²) >= 11 is 5.93. The molecule has 5 heteroatoms. The zero-order chi connectivity index (χ0) is 12.3. The Hall–Kier alpha value is -1.13. The topological polar surface area (TPSA) is 39.9 Å². The van der Waals surface area contributed by atoms with Gasteiger partial charge in [0.05, 0.1) is 18.5 Å². The van der Waals surface area contributed by atoms with Gasteiger partial charge in [0.15, 0.2) is 5.65 Å². The fraction of sp³-hybridized carbons (Fsp3) is 0.500. The largest absolute Gasteiger partial charge is 0.380 e. The summed E-state index contributed by atoms with van der Waals surface area (Å²) in [5.74, 6) is 1.22. The van der Waals surface area contributed by atoms with Gasteiger partial charge in [0.2, 0.25) is 0 Å². The maximum absolute atomic E-state index is 5.93. The summed E-state index contributed by atoms with van der Waals surface area (Å²) in [5.41, 5.74) is 1.75. The van der Waals surface area contributed by atoms with Gasteiger partial charge in [-0.15, -0.1) is 11.6 Å². The lowest BCUT2D eigenvalue weighted by atomic mass is 10.3. The van der Waals surface area contributed by atoms with Crippen LogP contribution in [0.25, 0.3) is 11.2 Å². The van der Waals surface area contributed by atoms with Gasteiger partial charge in [-0.2, -0.15) is 0 Å².